The van der Waals surface area contributed by atoms with E-state index in [1.807, 2.05) is 23.6 Å². The quantitative estimate of drug-likeness (QED) is 0.259. The number of carbonyl (C=O) groups is 4. The highest BCUT2D eigenvalue weighted by atomic mass is 32.1. The van der Waals surface area contributed by atoms with Crippen LogP contribution in [-0.2, 0) is 42.9 Å². The molecule has 1 aromatic carbocycles. The van der Waals surface area contributed by atoms with Gasteiger partial charge in [0.15, 0.2) is 12.2 Å². The summed E-state index contributed by atoms with van der Waals surface area (Å²) >= 11 is 3.34. The lowest BCUT2D eigenvalue weighted by molar-refractivity contribution is -0.288. The molecule has 1 aliphatic rings. The minimum Gasteiger partial charge on any atom is -0.463 e. The van der Waals surface area contributed by atoms with Gasteiger partial charge in [0.1, 0.15) is 18.5 Å². The largest absolute Gasteiger partial charge is 0.463 e. The van der Waals surface area contributed by atoms with Crippen molar-refractivity contribution < 1.29 is 47.6 Å². The molecule has 5 atom stereocenters. The first-order chi connectivity index (χ1) is 19.1. The van der Waals surface area contributed by atoms with Crippen LogP contribution >= 0.6 is 22.7 Å². The van der Waals surface area contributed by atoms with E-state index in [0.29, 0.717) is 5.75 Å². The topological polar surface area (TPSA) is 124 Å². The van der Waals surface area contributed by atoms with E-state index in [-0.39, 0.29) is 6.61 Å². The van der Waals surface area contributed by atoms with Crippen LogP contribution in [0.15, 0.2) is 53.9 Å². The van der Waals surface area contributed by atoms with E-state index in [0.717, 1.165) is 24.3 Å². The van der Waals surface area contributed by atoms with Gasteiger partial charge in [0.25, 0.3) is 0 Å². The Morgan fingerprint density at radius 1 is 0.725 bits per heavy atom. The van der Waals surface area contributed by atoms with Crippen LogP contribution in [0.2, 0.25) is 0 Å². The van der Waals surface area contributed by atoms with E-state index >= 15 is 0 Å². The Morgan fingerprint density at radius 2 is 1.35 bits per heavy atom. The summed E-state index contributed by atoms with van der Waals surface area (Å²) in [6.45, 7) is 4.38. The van der Waals surface area contributed by atoms with Crippen molar-refractivity contribution >= 4 is 46.6 Å². The first kappa shape index (κ1) is 29.2. The summed E-state index contributed by atoms with van der Waals surface area (Å²) in [7, 11) is 0. The van der Waals surface area contributed by atoms with Gasteiger partial charge in [0, 0.05) is 42.3 Å². The molecule has 0 aliphatic carbocycles. The van der Waals surface area contributed by atoms with Crippen molar-refractivity contribution in [2.24, 2.45) is 0 Å². The second-order valence-electron chi connectivity index (χ2n) is 8.85. The molecule has 0 amide bonds. The molecule has 0 radical (unpaired) electrons. The maximum absolute atomic E-state index is 12.0. The third kappa shape index (κ3) is 7.46. The average molecular weight is 589 g/mol. The fourth-order valence-electron chi connectivity index (χ4n) is 4.16. The van der Waals surface area contributed by atoms with Crippen LogP contribution in [0.3, 0.4) is 0 Å². The summed E-state index contributed by atoms with van der Waals surface area (Å²) < 4.78 is 33.4. The minimum absolute atomic E-state index is 0.332. The highest BCUT2D eigenvalue weighted by Gasteiger charge is 2.53. The maximum atomic E-state index is 12.0. The smallest absolute Gasteiger partial charge is 0.303 e. The zero-order valence-corrected chi connectivity index (χ0v) is 23.8. The van der Waals surface area contributed by atoms with E-state index in [4.69, 9.17) is 28.4 Å². The molecule has 3 unspecified atom stereocenters. The lowest BCUT2D eigenvalue weighted by Crippen LogP contribution is -2.63. The number of ether oxygens (including phenoxy) is 6. The molecule has 0 saturated carbocycles. The molecule has 2 aromatic heterocycles. The number of esters is 4. The number of hydrogen-bond acceptors (Lipinski definition) is 12. The third-order valence-electron chi connectivity index (χ3n) is 5.71. The van der Waals surface area contributed by atoms with Gasteiger partial charge in [-0.15, -0.1) is 22.7 Å². The molecule has 212 valence electrons. The summed E-state index contributed by atoms with van der Waals surface area (Å²) in [6.07, 6.45) is -6.23. The predicted molar refractivity (Wildman–Crippen MR) is 146 cm³/mol. The molecular formula is C28H28O10S2. The summed E-state index contributed by atoms with van der Waals surface area (Å²) in [5, 5.41) is 2.04. The Hall–Kier alpha value is -3.74. The maximum Gasteiger partial charge on any atom is 0.303 e. The van der Waals surface area contributed by atoms with E-state index < -0.39 is 54.6 Å². The normalized spacial score (nSPS) is 22.1. The molecule has 0 N–H and O–H groups in total. The Labute approximate surface area is 238 Å². The van der Waals surface area contributed by atoms with E-state index in [2.05, 4.69) is 18.2 Å². The predicted octanol–water partition coefficient (Wildman–Crippen LogP) is 4.61. The molecule has 3 aromatic rings. The van der Waals surface area contributed by atoms with Crippen molar-refractivity contribution in [2.45, 2.75) is 58.4 Å². The van der Waals surface area contributed by atoms with Gasteiger partial charge < -0.3 is 28.4 Å². The monoisotopic (exact) mass is 588 g/mol. The van der Waals surface area contributed by atoms with Crippen LogP contribution in [-0.4, -0.2) is 61.2 Å². The molecule has 1 aliphatic heterocycles. The SMILES string of the molecule is CC(=O)OCC1O[C@@H](Oc2ccc(-c3ccc(-c4cccs4)s3)cc2)C(OC(C)=O)C(OC(C)=O)[C@@H]1OC(C)=O. The van der Waals surface area contributed by atoms with Crippen LogP contribution in [0, 0.1) is 0 Å². The summed E-state index contributed by atoms with van der Waals surface area (Å²) in [5.41, 5.74) is 0.974. The van der Waals surface area contributed by atoms with Gasteiger partial charge in [-0.05, 0) is 53.4 Å². The van der Waals surface area contributed by atoms with Gasteiger partial charge in [0.05, 0.1) is 0 Å². The van der Waals surface area contributed by atoms with Crippen molar-refractivity contribution in [1.29, 1.82) is 0 Å². The highest BCUT2D eigenvalue weighted by Crippen LogP contribution is 2.37. The Balaban J connectivity index is 1.59. The zero-order valence-electron chi connectivity index (χ0n) is 22.2. The molecule has 4 rings (SSSR count). The zero-order chi connectivity index (χ0) is 28.8. The van der Waals surface area contributed by atoms with Crippen LogP contribution in [0.4, 0.5) is 0 Å². The number of rotatable bonds is 9. The average Bonchev–Trinajstić information content (AvgIpc) is 3.58. The molecule has 3 heterocycles. The van der Waals surface area contributed by atoms with Crippen molar-refractivity contribution in [1.82, 2.24) is 0 Å². The first-order valence-corrected chi connectivity index (χ1v) is 14.0. The van der Waals surface area contributed by atoms with Crippen molar-refractivity contribution in [3.63, 3.8) is 0 Å². The molecule has 10 nitrogen and oxygen atoms in total. The van der Waals surface area contributed by atoms with Crippen molar-refractivity contribution in [2.75, 3.05) is 6.61 Å². The van der Waals surface area contributed by atoms with Gasteiger partial charge in [-0.1, -0.05) is 6.07 Å². The van der Waals surface area contributed by atoms with Gasteiger partial charge in [0.2, 0.25) is 12.4 Å². The second-order valence-corrected chi connectivity index (χ2v) is 10.9. The summed E-state index contributed by atoms with van der Waals surface area (Å²) in [5.74, 6) is -2.34. The van der Waals surface area contributed by atoms with E-state index in [1.54, 1.807) is 34.8 Å². The molecule has 12 heteroatoms. The second kappa shape index (κ2) is 13.1. The molecular weight excluding hydrogens is 560 g/mol. The molecule has 0 spiro atoms. The molecule has 1 fully saturated rings. The molecule has 0 bridgehead atoms. The summed E-state index contributed by atoms with van der Waals surface area (Å²) in [6, 6.07) is 15.4. The molecule has 1 saturated heterocycles. The standard InChI is InChI=1S/C28H28O10S2/c1-15(29)33-14-21-25(34-16(2)30)26(35-17(3)31)27(36-18(4)32)28(38-21)37-20-9-7-19(8-10-20)22-11-12-24(40-22)23-6-5-13-39-23/h5-13,21,25-28H,14H2,1-4H3/t21?,25-,26?,27?,28-/m1/s1. The van der Waals surface area contributed by atoms with Gasteiger partial charge in [-0.2, -0.15) is 0 Å². The van der Waals surface area contributed by atoms with Crippen LogP contribution in [0.25, 0.3) is 20.2 Å². The number of benzene rings is 1. The minimum atomic E-state index is -1.30. The Morgan fingerprint density at radius 3 is 1.95 bits per heavy atom. The number of carbonyl (C=O) groups excluding carboxylic acids is 4. The van der Waals surface area contributed by atoms with Crippen molar-refractivity contribution in [3.05, 3.63) is 53.9 Å². The number of thiophene rings is 2. The number of hydrogen-bond donors (Lipinski definition) is 0. The fraction of sp³-hybridized carbons (Fsp3) is 0.357. The Bertz CT molecular complexity index is 1330. The van der Waals surface area contributed by atoms with Gasteiger partial charge in [-0.3, -0.25) is 19.2 Å². The van der Waals surface area contributed by atoms with E-state index in [9.17, 15) is 19.2 Å². The Kier molecular flexibility index (Phi) is 9.56. The van der Waals surface area contributed by atoms with Crippen molar-refractivity contribution in [3.8, 4) is 25.9 Å². The van der Waals surface area contributed by atoms with Gasteiger partial charge in [-0.25, -0.2) is 0 Å². The molecule has 40 heavy (non-hydrogen) atoms. The van der Waals surface area contributed by atoms with Crippen LogP contribution in [0.1, 0.15) is 27.7 Å². The lowest BCUT2D eigenvalue weighted by atomic mass is 9.98. The van der Waals surface area contributed by atoms with Crippen LogP contribution < -0.4 is 4.74 Å². The lowest BCUT2D eigenvalue weighted by Gasteiger charge is -2.43. The van der Waals surface area contributed by atoms with Crippen LogP contribution in [0.5, 0.6) is 5.75 Å². The first-order valence-electron chi connectivity index (χ1n) is 12.3. The third-order valence-corrected chi connectivity index (χ3v) is 7.91. The summed E-state index contributed by atoms with van der Waals surface area (Å²) in [4.78, 5) is 50.8. The van der Waals surface area contributed by atoms with E-state index in [1.165, 1.54) is 23.6 Å². The highest BCUT2D eigenvalue weighted by molar-refractivity contribution is 7.23. The van der Waals surface area contributed by atoms with Gasteiger partial charge >= 0.3 is 23.9 Å². The fourth-order valence-corrected chi connectivity index (χ4v) is 6.01.